The number of rotatable bonds is 6. The van der Waals surface area contributed by atoms with E-state index in [4.69, 9.17) is 5.53 Å². The van der Waals surface area contributed by atoms with Gasteiger partial charge in [-0.1, -0.05) is 36.4 Å². The van der Waals surface area contributed by atoms with Gasteiger partial charge in [0, 0.05) is 0 Å². The molecule has 182 valence electrons. The third-order valence-corrected chi connectivity index (χ3v) is 13.5. The zero-order valence-electron chi connectivity index (χ0n) is 17.5. The molecule has 0 saturated heterocycles. The third kappa shape index (κ3) is 5.38. The van der Waals surface area contributed by atoms with E-state index in [1.165, 1.54) is 36.4 Å². The van der Waals surface area contributed by atoms with Crippen LogP contribution < -0.4 is 0 Å². The maximum Gasteiger partial charge on any atom is 0.499 e. The summed E-state index contributed by atoms with van der Waals surface area (Å²) in [6.07, 6.45) is -0.808. The van der Waals surface area contributed by atoms with E-state index < -0.39 is 75.3 Å². The van der Waals surface area contributed by atoms with Crippen molar-refractivity contribution in [2.75, 3.05) is 5.75 Å². The molecule has 2 rings (SSSR count). The van der Waals surface area contributed by atoms with E-state index in [1.807, 2.05) is 0 Å². The minimum Gasteiger partial charge on any atom is -0.359 e. The number of hydrogen-bond donors (Lipinski definition) is 0. The predicted octanol–water partition coefficient (Wildman–Crippen LogP) is 0.714. The molecule has 0 aliphatic rings. The molecular formula is C18H18N4O8S4. The lowest BCUT2D eigenvalue weighted by Gasteiger charge is -2.09. The molecule has 0 bridgehead atoms. The fraction of sp³-hybridized carbons (Fsp3) is 0.222. The summed E-state index contributed by atoms with van der Waals surface area (Å²) in [6, 6.07) is 12.5. The highest BCUT2D eigenvalue weighted by molar-refractivity contribution is 8.31. The molecule has 0 aliphatic carbocycles. The molecule has 0 amide bonds. The van der Waals surface area contributed by atoms with Gasteiger partial charge >= 0.3 is 8.75 Å². The van der Waals surface area contributed by atoms with Gasteiger partial charge < -0.3 is 11.1 Å². The van der Waals surface area contributed by atoms with Crippen LogP contribution in [0.4, 0.5) is 0 Å². The number of hydrogen-bond acceptors (Lipinski definition) is 8. The van der Waals surface area contributed by atoms with Gasteiger partial charge in [0.15, 0.2) is 0 Å². The fourth-order valence-electron chi connectivity index (χ4n) is 2.68. The second-order valence-corrected chi connectivity index (χ2v) is 15.4. The first-order valence-electron chi connectivity index (χ1n) is 9.24. The Morgan fingerprint density at radius 3 is 1.47 bits per heavy atom. The Morgan fingerprint density at radius 2 is 1.09 bits per heavy atom. The van der Waals surface area contributed by atoms with Crippen LogP contribution in [-0.4, -0.2) is 63.0 Å². The Labute approximate surface area is 196 Å². The van der Waals surface area contributed by atoms with Crippen LogP contribution in [0, 0.1) is 0 Å². The standard InChI is InChI=1S/C18H18N4O8S4/c1-14(32(25,26)18(22-20)34(29,30)16-10-6-3-7-11-16)12-13-31(23,24)17(21-19)33(27,28)15-8-4-2-5-9-15/h2-11,14H,12-13H2,1H3. The minimum absolute atomic E-state index is 0.476. The molecular weight excluding hydrogens is 528 g/mol. The van der Waals surface area contributed by atoms with Gasteiger partial charge in [0.05, 0.1) is 20.8 Å². The van der Waals surface area contributed by atoms with Gasteiger partial charge in [-0.2, -0.15) is 0 Å². The van der Waals surface area contributed by atoms with Crippen molar-refractivity contribution in [3.8, 4) is 0 Å². The molecule has 34 heavy (non-hydrogen) atoms. The predicted molar refractivity (Wildman–Crippen MR) is 121 cm³/mol. The van der Waals surface area contributed by atoms with Gasteiger partial charge in [0.2, 0.25) is 0 Å². The van der Waals surface area contributed by atoms with E-state index >= 15 is 0 Å². The first-order chi connectivity index (χ1) is 15.7. The van der Waals surface area contributed by atoms with E-state index in [1.54, 1.807) is 0 Å². The van der Waals surface area contributed by atoms with Gasteiger partial charge in [-0.25, -0.2) is 33.7 Å². The highest BCUT2D eigenvalue weighted by Crippen LogP contribution is 2.20. The summed E-state index contributed by atoms with van der Waals surface area (Å²) in [6.45, 7) is 0.956. The summed E-state index contributed by atoms with van der Waals surface area (Å²) in [5, 5.41) is -1.74. The SMILES string of the molecule is CC(CCS(=O)(=O)C(=[N+]=[N-])S(=O)(=O)c1ccccc1)S(=O)(=O)C(=[N+]=[N-])S(=O)(=O)c1ccccc1. The molecule has 0 radical (unpaired) electrons. The van der Waals surface area contributed by atoms with Crippen molar-refractivity contribution >= 4 is 48.1 Å². The van der Waals surface area contributed by atoms with Crippen LogP contribution in [-0.2, 0) is 39.3 Å². The average Bonchev–Trinajstić information content (AvgIpc) is 2.78. The fourth-order valence-corrected chi connectivity index (χ4v) is 10.2. The van der Waals surface area contributed by atoms with Gasteiger partial charge in [0.1, 0.15) is 0 Å². The maximum atomic E-state index is 12.8. The summed E-state index contributed by atoms with van der Waals surface area (Å²) in [7, 11) is -19.3. The zero-order chi connectivity index (χ0) is 25.8. The molecule has 0 N–H and O–H groups in total. The summed E-state index contributed by atoms with van der Waals surface area (Å²) >= 11 is 0. The van der Waals surface area contributed by atoms with Gasteiger partial charge in [-0.05, 0) is 37.6 Å². The summed E-state index contributed by atoms with van der Waals surface area (Å²) in [5.74, 6) is -1.14. The normalized spacial score (nSPS) is 13.3. The Kier molecular flexibility index (Phi) is 8.09. The summed E-state index contributed by atoms with van der Waals surface area (Å²) < 4.78 is 98.0. The van der Waals surface area contributed by atoms with Gasteiger partial charge in [-0.3, -0.25) is 0 Å². The zero-order valence-corrected chi connectivity index (χ0v) is 20.7. The molecule has 1 atom stereocenters. The van der Waals surface area contributed by atoms with Crippen LogP contribution >= 0.6 is 0 Å². The molecule has 16 heteroatoms. The molecule has 0 fully saturated rings. The molecule has 12 nitrogen and oxygen atoms in total. The maximum absolute atomic E-state index is 12.8. The smallest absolute Gasteiger partial charge is 0.359 e. The van der Waals surface area contributed by atoms with E-state index in [2.05, 4.69) is 9.58 Å². The summed E-state index contributed by atoms with van der Waals surface area (Å²) in [4.78, 5) is 3.89. The van der Waals surface area contributed by atoms with Gasteiger partial charge in [0.25, 0.3) is 39.3 Å². The van der Waals surface area contributed by atoms with E-state index in [9.17, 15) is 39.2 Å². The molecule has 1 unspecified atom stereocenters. The Morgan fingerprint density at radius 1 is 0.706 bits per heavy atom. The molecule has 0 saturated carbocycles. The molecule has 0 aromatic heterocycles. The van der Waals surface area contributed by atoms with Crippen molar-refractivity contribution < 1.29 is 43.3 Å². The van der Waals surface area contributed by atoms with Crippen molar-refractivity contribution in [1.82, 2.24) is 0 Å². The number of benzene rings is 2. The van der Waals surface area contributed by atoms with Crippen molar-refractivity contribution in [3.63, 3.8) is 0 Å². The van der Waals surface area contributed by atoms with E-state index in [0.29, 0.717) is 0 Å². The Bertz CT molecular complexity index is 1610. The second kappa shape index (κ2) is 10.1. The third-order valence-electron chi connectivity index (χ3n) is 4.56. The van der Waals surface area contributed by atoms with Crippen molar-refractivity contribution in [1.29, 1.82) is 0 Å². The highest BCUT2D eigenvalue weighted by Gasteiger charge is 2.47. The minimum atomic E-state index is -4.90. The first-order valence-corrected chi connectivity index (χ1v) is 15.4. The second-order valence-electron chi connectivity index (χ2n) is 6.83. The quantitative estimate of drug-likeness (QED) is 0.217. The van der Waals surface area contributed by atoms with Crippen molar-refractivity contribution in [3.05, 3.63) is 71.7 Å². The number of sulfone groups is 4. The molecule has 0 spiro atoms. The lowest BCUT2D eigenvalue weighted by Crippen LogP contribution is -2.35. The monoisotopic (exact) mass is 546 g/mol. The van der Waals surface area contributed by atoms with Gasteiger partial charge in [-0.15, -0.1) is 9.58 Å². The van der Waals surface area contributed by atoms with Crippen LogP contribution in [0.5, 0.6) is 0 Å². The average molecular weight is 547 g/mol. The largest absolute Gasteiger partial charge is 0.499 e. The van der Waals surface area contributed by atoms with E-state index in [0.717, 1.165) is 31.2 Å². The Balaban J connectivity index is 2.35. The van der Waals surface area contributed by atoms with Crippen molar-refractivity contribution in [2.24, 2.45) is 0 Å². The molecule has 2 aromatic carbocycles. The topological polar surface area (TPSA) is 209 Å². The molecule has 0 aliphatic heterocycles. The van der Waals surface area contributed by atoms with Crippen LogP contribution in [0.1, 0.15) is 13.3 Å². The Hall–Kier alpha value is -3.00. The molecule has 0 heterocycles. The van der Waals surface area contributed by atoms with Crippen LogP contribution in [0.2, 0.25) is 0 Å². The highest BCUT2D eigenvalue weighted by atomic mass is 32.3. The number of nitrogens with zero attached hydrogens (tertiary/aromatic N) is 4. The first kappa shape index (κ1) is 27.2. The van der Waals surface area contributed by atoms with Crippen LogP contribution in [0.15, 0.2) is 70.5 Å². The summed E-state index contributed by atoms with van der Waals surface area (Å²) in [5.41, 5.74) is 18.3. The van der Waals surface area contributed by atoms with Crippen LogP contribution in [0.3, 0.4) is 0 Å². The van der Waals surface area contributed by atoms with Crippen molar-refractivity contribution in [2.45, 2.75) is 28.4 Å². The molecule has 2 aromatic rings. The lowest BCUT2D eigenvalue weighted by molar-refractivity contribution is 0.00352. The lowest BCUT2D eigenvalue weighted by atomic mass is 10.4. The van der Waals surface area contributed by atoms with Crippen LogP contribution in [0.25, 0.3) is 11.1 Å². The van der Waals surface area contributed by atoms with E-state index in [-0.39, 0.29) is 0 Å².